The van der Waals surface area contributed by atoms with Crippen LogP contribution in [-0.4, -0.2) is 87.4 Å². The van der Waals surface area contributed by atoms with E-state index in [0.717, 1.165) is 45.0 Å². The van der Waals surface area contributed by atoms with Crippen molar-refractivity contribution in [1.82, 2.24) is 15.1 Å². The summed E-state index contributed by atoms with van der Waals surface area (Å²) in [5.41, 5.74) is 0. The monoisotopic (exact) mass is 440 g/mol. The average Bonchev–Trinajstić information content (AvgIpc) is 3.05. The molecule has 8 heteroatoms. The van der Waals surface area contributed by atoms with Crippen LogP contribution in [0.1, 0.15) is 19.8 Å². The molecule has 0 aromatic heterocycles. The van der Waals surface area contributed by atoms with Gasteiger partial charge in [-0.3, -0.25) is 4.79 Å². The van der Waals surface area contributed by atoms with Gasteiger partial charge < -0.3 is 24.6 Å². The van der Waals surface area contributed by atoms with Crippen LogP contribution < -0.4 is 5.32 Å². The summed E-state index contributed by atoms with van der Waals surface area (Å²) in [7, 11) is 3.49. The Morgan fingerprint density at radius 2 is 2.04 bits per heavy atom. The Morgan fingerprint density at radius 3 is 2.65 bits per heavy atom. The van der Waals surface area contributed by atoms with E-state index in [4.69, 9.17) is 9.47 Å². The third-order valence-corrected chi connectivity index (χ3v) is 3.97. The zero-order valence-corrected chi connectivity index (χ0v) is 16.6. The molecular weight excluding hydrogens is 411 g/mol. The number of hydrogen-bond acceptors (Lipinski definition) is 4. The molecule has 2 aliphatic heterocycles. The van der Waals surface area contributed by atoms with Crippen LogP contribution in [0.15, 0.2) is 4.99 Å². The van der Waals surface area contributed by atoms with Gasteiger partial charge in [0.1, 0.15) is 12.6 Å². The van der Waals surface area contributed by atoms with Crippen LogP contribution in [0.2, 0.25) is 0 Å². The highest BCUT2D eigenvalue weighted by Gasteiger charge is 2.32. The molecule has 0 spiro atoms. The Morgan fingerprint density at radius 1 is 1.30 bits per heavy atom. The fourth-order valence-electron chi connectivity index (χ4n) is 2.70. The van der Waals surface area contributed by atoms with Gasteiger partial charge in [-0.1, -0.05) is 0 Å². The number of likely N-dealkylation sites (N-methyl/N-ethyl adjacent to an activating group) is 1. The Balaban J connectivity index is 0.00000264. The standard InChI is InChI=1S/C15H28N4O3.HI/c1-4-16-15(17-10-14(20)18(2)3)19-7-9-22-13(11-19)12-6-5-8-21-12;/h12-13H,4-11H2,1-3H3,(H,16,17);1H. The summed E-state index contributed by atoms with van der Waals surface area (Å²) < 4.78 is 11.6. The van der Waals surface area contributed by atoms with Gasteiger partial charge in [0.2, 0.25) is 5.91 Å². The summed E-state index contributed by atoms with van der Waals surface area (Å²) >= 11 is 0. The maximum atomic E-state index is 11.7. The topological polar surface area (TPSA) is 66.4 Å². The minimum atomic E-state index is -0.000612. The Kier molecular flexibility index (Phi) is 9.15. The molecule has 2 saturated heterocycles. The molecule has 1 N–H and O–H groups in total. The lowest BCUT2D eigenvalue weighted by molar-refractivity contribution is -0.127. The molecule has 2 atom stereocenters. The van der Waals surface area contributed by atoms with E-state index in [1.165, 1.54) is 0 Å². The fourth-order valence-corrected chi connectivity index (χ4v) is 2.70. The predicted octanol–water partition coefficient (Wildman–Crippen LogP) is 0.538. The third-order valence-electron chi connectivity index (χ3n) is 3.97. The number of halogens is 1. The number of morpholine rings is 1. The van der Waals surface area contributed by atoms with Crippen molar-refractivity contribution in [2.45, 2.75) is 32.0 Å². The lowest BCUT2D eigenvalue weighted by Crippen LogP contribution is -2.53. The quantitative estimate of drug-likeness (QED) is 0.393. The highest BCUT2D eigenvalue weighted by molar-refractivity contribution is 14.0. The van der Waals surface area contributed by atoms with Gasteiger partial charge in [0, 0.05) is 40.3 Å². The molecule has 2 unspecified atom stereocenters. The minimum Gasteiger partial charge on any atom is -0.375 e. The molecule has 0 bridgehead atoms. The van der Waals surface area contributed by atoms with E-state index in [0.29, 0.717) is 6.61 Å². The highest BCUT2D eigenvalue weighted by atomic mass is 127. The van der Waals surface area contributed by atoms with Crippen LogP contribution in [0, 0.1) is 0 Å². The van der Waals surface area contributed by atoms with Gasteiger partial charge in [0.25, 0.3) is 0 Å². The zero-order chi connectivity index (χ0) is 15.9. The number of ether oxygens (including phenoxy) is 2. The van der Waals surface area contributed by atoms with Crippen molar-refractivity contribution in [2.24, 2.45) is 4.99 Å². The molecule has 0 aromatic rings. The second-order valence-corrected chi connectivity index (χ2v) is 5.87. The molecule has 1 amide bonds. The first-order valence-corrected chi connectivity index (χ1v) is 8.08. The molecule has 0 aromatic carbocycles. The van der Waals surface area contributed by atoms with Crippen LogP contribution >= 0.6 is 24.0 Å². The van der Waals surface area contributed by atoms with Gasteiger partial charge in [-0.2, -0.15) is 0 Å². The molecule has 0 aliphatic carbocycles. The fraction of sp³-hybridized carbons (Fsp3) is 0.867. The Hall–Kier alpha value is -0.610. The van der Waals surface area contributed by atoms with E-state index in [-0.39, 0.29) is 48.6 Å². The van der Waals surface area contributed by atoms with Crippen molar-refractivity contribution in [2.75, 3.05) is 53.5 Å². The number of amides is 1. The van der Waals surface area contributed by atoms with Crippen LogP contribution in [-0.2, 0) is 14.3 Å². The van der Waals surface area contributed by atoms with Gasteiger partial charge in [-0.15, -0.1) is 24.0 Å². The van der Waals surface area contributed by atoms with Gasteiger partial charge in [-0.25, -0.2) is 4.99 Å². The molecule has 2 fully saturated rings. The van der Waals surface area contributed by atoms with Crippen molar-refractivity contribution in [3.63, 3.8) is 0 Å². The van der Waals surface area contributed by atoms with Crippen LogP contribution in [0.25, 0.3) is 0 Å². The number of carbonyl (C=O) groups excluding carboxylic acids is 1. The second-order valence-electron chi connectivity index (χ2n) is 5.87. The first kappa shape index (κ1) is 20.4. The number of aliphatic imine (C=N–C) groups is 1. The second kappa shape index (κ2) is 10.3. The van der Waals surface area contributed by atoms with E-state index >= 15 is 0 Å². The van der Waals surface area contributed by atoms with Crippen molar-refractivity contribution >= 4 is 35.8 Å². The molecule has 2 aliphatic rings. The number of rotatable bonds is 4. The van der Waals surface area contributed by atoms with Crippen molar-refractivity contribution in [1.29, 1.82) is 0 Å². The highest BCUT2D eigenvalue weighted by Crippen LogP contribution is 2.21. The predicted molar refractivity (Wildman–Crippen MR) is 100 cm³/mol. The lowest BCUT2D eigenvalue weighted by atomic mass is 10.1. The van der Waals surface area contributed by atoms with Crippen LogP contribution in [0.5, 0.6) is 0 Å². The van der Waals surface area contributed by atoms with Crippen LogP contribution in [0.4, 0.5) is 0 Å². The molecule has 0 radical (unpaired) electrons. The van der Waals surface area contributed by atoms with E-state index in [1.807, 2.05) is 6.92 Å². The molecule has 2 rings (SSSR count). The first-order valence-electron chi connectivity index (χ1n) is 8.08. The number of nitrogens with one attached hydrogen (secondary N) is 1. The normalized spacial score (nSPS) is 25.0. The minimum absolute atomic E-state index is 0. The SMILES string of the molecule is CCNC(=NCC(=O)N(C)C)N1CCOC(C2CCCO2)C1.I. The third kappa shape index (κ3) is 6.07. The lowest BCUT2D eigenvalue weighted by Gasteiger charge is -2.37. The number of carbonyl (C=O) groups is 1. The Bertz CT molecular complexity index is 400. The van der Waals surface area contributed by atoms with Crippen LogP contribution in [0.3, 0.4) is 0 Å². The molecular formula is C15H29IN4O3. The number of nitrogens with zero attached hydrogens (tertiary/aromatic N) is 3. The number of guanidine groups is 1. The van der Waals surface area contributed by atoms with E-state index in [2.05, 4.69) is 15.2 Å². The maximum absolute atomic E-state index is 11.7. The summed E-state index contributed by atoms with van der Waals surface area (Å²) in [6.45, 7) is 6.00. The molecule has 2 heterocycles. The molecule has 134 valence electrons. The van der Waals surface area contributed by atoms with Gasteiger partial charge in [0.15, 0.2) is 5.96 Å². The molecule has 0 saturated carbocycles. The van der Waals surface area contributed by atoms with E-state index < -0.39 is 0 Å². The summed E-state index contributed by atoms with van der Waals surface area (Å²) in [4.78, 5) is 19.9. The van der Waals surface area contributed by atoms with Crippen molar-refractivity contribution in [3.05, 3.63) is 0 Å². The smallest absolute Gasteiger partial charge is 0.243 e. The Labute approximate surface area is 155 Å². The zero-order valence-electron chi connectivity index (χ0n) is 14.3. The molecule has 7 nitrogen and oxygen atoms in total. The number of hydrogen-bond donors (Lipinski definition) is 1. The summed E-state index contributed by atoms with van der Waals surface area (Å²) in [5, 5.41) is 3.27. The average molecular weight is 440 g/mol. The van der Waals surface area contributed by atoms with Gasteiger partial charge in [0.05, 0.1) is 12.7 Å². The summed E-state index contributed by atoms with van der Waals surface area (Å²) in [5.74, 6) is 0.781. The van der Waals surface area contributed by atoms with Crippen molar-refractivity contribution < 1.29 is 14.3 Å². The molecule has 23 heavy (non-hydrogen) atoms. The maximum Gasteiger partial charge on any atom is 0.243 e. The van der Waals surface area contributed by atoms with E-state index in [1.54, 1.807) is 19.0 Å². The first-order chi connectivity index (χ1) is 10.6. The van der Waals surface area contributed by atoms with Crippen molar-refractivity contribution in [3.8, 4) is 0 Å². The summed E-state index contributed by atoms with van der Waals surface area (Å²) in [6.07, 6.45) is 2.44. The van der Waals surface area contributed by atoms with Gasteiger partial charge >= 0.3 is 0 Å². The van der Waals surface area contributed by atoms with E-state index in [9.17, 15) is 4.79 Å². The summed E-state index contributed by atoms with van der Waals surface area (Å²) in [6, 6.07) is 0. The largest absolute Gasteiger partial charge is 0.375 e. The van der Waals surface area contributed by atoms with Gasteiger partial charge in [-0.05, 0) is 19.8 Å².